The van der Waals surface area contributed by atoms with Crippen LogP contribution in [-0.4, -0.2) is 34.3 Å². The minimum Gasteiger partial charge on any atom is -0.444 e. The Balaban J connectivity index is 2.06. The average Bonchev–Trinajstić information content (AvgIpc) is 2.76. The van der Waals surface area contributed by atoms with Crippen LogP contribution in [0.5, 0.6) is 0 Å². The third-order valence-corrected chi connectivity index (χ3v) is 5.62. The van der Waals surface area contributed by atoms with Crippen molar-refractivity contribution in [2.24, 2.45) is 5.92 Å². The van der Waals surface area contributed by atoms with Crippen LogP contribution in [0.1, 0.15) is 64.3 Å². The number of fused-ring (bicyclic) bond motifs is 4. The Bertz CT molecular complexity index is 1050. The number of rotatable bonds is 3. The summed E-state index contributed by atoms with van der Waals surface area (Å²) in [6, 6.07) is 6.93. The van der Waals surface area contributed by atoms with Gasteiger partial charge in [-0.3, -0.25) is 9.78 Å². The molecule has 9 heteroatoms. The first-order valence-corrected chi connectivity index (χ1v) is 11.3. The number of hydrogen-bond acceptors (Lipinski definition) is 5. The molecule has 2 unspecified atom stereocenters. The van der Waals surface area contributed by atoms with E-state index in [0.29, 0.717) is 36.1 Å². The second-order valence-corrected chi connectivity index (χ2v) is 9.61. The molecule has 2 amide bonds. The molecule has 0 spiro atoms. The van der Waals surface area contributed by atoms with E-state index in [4.69, 9.17) is 9.84 Å². The van der Waals surface area contributed by atoms with Gasteiger partial charge in [0.1, 0.15) is 12.2 Å². The number of pyridine rings is 1. The van der Waals surface area contributed by atoms with E-state index in [2.05, 4.69) is 15.6 Å². The van der Waals surface area contributed by atoms with Crippen molar-refractivity contribution in [3.8, 4) is 11.1 Å². The Labute approximate surface area is 197 Å². The molecule has 1 aromatic heterocycles. The molecule has 34 heavy (non-hydrogen) atoms. The number of ether oxygens (including phenoxy) is 1. The minimum absolute atomic E-state index is 0.219. The predicted molar refractivity (Wildman–Crippen MR) is 124 cm³/mol. The summed E-state index contributed by atoms with van der Waals surface area (Å²) < 4.78 is 33.7. The number of anilines is 1. The number of aromatic nitrogens is 1. The largest absolute Gasteiger partial charge is 0.444 e. The number of nitrogens with zero attached hydrogens (tertiary/aromatic N) is 1. The Hall–Kier alpha value is -3.07. The van der Waals surface area contributed by atoms with E-state index < -0.39 is 35.8 Å². The summed E-state index contributed by atoms with van der Waals surface area (Å²) in [5, 5.41) is 14.7. The van der Waals surface area contributed by atoms with Crippen molar-refractivity contribution in [1.82, 2.24) is 10.3 Å². The molecule has 2 bridgehead atoms. The molecule has 0 saturated carbocycles. The van der Waals surface area contributed by atoms with Crippen LogP contribution in [0.3, 0.4) is 0 Å². The van der Waals surface area contributed by atoms with Crippen LogP contribution in [0.15, 0.2) is 36.5 Å². The zero-order chi connectivity index (χ0) is 25.1. The summed E-state index contributed by atoms with van der Waals surface area (Å²) in [7, 11) is 0. The minimum atomic E-state index is -3.44. The number of aliphatic hydroxyl groups excluding tert-OH is 1. The molecule has 2 heterocycles. The van der Waals surface area contributed by atoms with Gasteiger partial charge in [0.15, 0.2) is 0 Å². The zero-order valence-corrected chi connectivity index (χ0v) is 19.8. The van der Waals surface area contributed by atoms with Crippen LogP contribution in [0.2, 0.25) is 0 Å². The van der Waals surface area contributed by atoms with Crippen LogP contribution >= 0.6 is 0 Å². The van der Waals surface area contributed by atoms with E-state index in [1.165, 1.54) is 18.2 Å². The maximum atomic E-state index is 14.2. The summed E-state index contributed by atoms with van der Waals surface area (Å²) in [4.78, 5) is 29.7. The second-order valence-electron chi connectivity index (χ2n) is 9.61. The van der Waals surface area contributed by atoms with Gasteiger partial charge in [0, 0.05) is 28.9 Å². The van der Waals surface area contributed by atoms with Gasteiger partial charge in [0.2, 0.25) is 5.91 Å². The highest BCUT2D eigenvalue weighted by molar-refractivity contribution is 5.96. The molecule has 3 rings (SSSR count). The van der Waals surface area contributed by atoms with Gasteiger partial charge in [0.05, 0.1) is 11.7 Å². The lowest BCUT2D eigenvalue weighted by atomic mass is 9.94. The van der Waals surface area contributed by atoms with E-state index in [1.54, 1.807) is 46.0 Å². The number of aliphatic hydroxyl groups is 1. The maximum Gasteiger partial charge on any atom is 0.408 e. The van der Waals surface area contributed by atoms with Crippen molar-refractivity contribution in [3.63, 3.8) is 0 Å². The molecule has 2 atom stereocenters. The molecular formula is C25H31F2N3O4. The molecule has 3 N–H and O–H groups in total. The Kier molecular flexibility index (Phi) is 7.55. The number of halogens is 2. The maximum absolute atomic E-state index is 14.2. The second kappa shape index (κ2) is 10.0. The summed E-state index contributed by atoms with van der Waals surface area (Å²) >= 11 is 0. The van der Waals surface area contributed by atoms with Crippen LogP contribution in [0.4, 0.5) is 19.3 Å². The molecule has 184 valence electrons. The van der Waals surface area contributed by atoms with Crippen molar-refractivity contribution in [2.45, 2.75) is 64.5 Å². The number of alkyl carbamates (subject to hydrolysis) is 1. The summed E-state index contributed by atoms with van der Waals surface area (Å²) in [5.74, 6) is -4.12. The van der Waals surface area contributed by atoms with Crippen LogP contribution in [0, 0.1) is 5.92 Å². The van der Waals surface area contributed by atoms with Crippen molar-refractivity contribution in [3.05, 3.63) is 47.8 Å². The van der Waals surface area contributed by atoms with Gasteiger partial charge in [-0.25, -0.2) is 4.79 Å². The molecule has 1 aliphatic heterocycles. The lowest BCUT2D eigenvalue weighted by Gasteiger charge is -2.25. The highest BCUT2D eigenvalue weighted by atomic mass is 19.3. The van der Waals surface area contributed by atoms with Gasteiger partial charge in [-0.05, 0) is 57.4 Å². The SMILES string of the molecule is CC1CCCC(NC(=O)OC(C)(C)C)c2cc(ccn2)-c2ccc(C(F)(F)CO)cc2NC1=O. The topological polar surface area (TPSA) is 101 Å². The van der Waals surface area contributed by atoms with Gasteiger partial charge >= 0.3 is 6.09 Å². The number of benzene rings is 1. The molecule has 0 saturated heterocycles. The highest BCUT2D eigenvalue weighted by Gasteiger charge is 2.32. The quantitative estimate of drug-likeness (QED) is 0.570. The van der Waals surface area contributed by atoms with Crippen molar-refractivity contribution in [2.75, 3.05) is 11.9 Å². The molecule has 0 radical (unpaired) electrons. The Morgan fingerprint density at radius 1 is 1.24 bits per heavy atom. The third-order valence-electron chi connectivity index (χ3n) is 5.62. The first-order chi connectivity index (χ1) is 15.9. The fourth-order valence-electron chi connectivity index (χ4n) is 3.78. The van der Waals surface area contributed by atoms with Crippen molar-refractivity contribution in [1.29, 1.82) is 0 Å². The van der Waals surface area contributed by atoms with Gasteiger partial charge in [0.25, 0.3) is 5.92 Å². The number of nitrogens with one attached hydrogen (secondary N) is 2. The highest BCUT2D eigenvalue weighted by Crippen LogP contribution is 2.36. The Morgan fingerprint density at radius 2 is 1.97 bits per heavy atom. The lowest BCUT2D eigenvalue weighted by Crippen LogP contribution is -2.35. The van der Waals surface area contributed by atoms with E-state index in [1.807, 2.05) is 0 Å². The fraction of sp³-hybridized carbons (Fsp3) is 0.480. The van der Waals surface area contributed by atoms with Crippen molar-refractivity contribution >= 4 is 17.7 Å². The summed E-state index contributed by atoms with van der Waals surface area (Å²) in [6.07, 6.45) is 2.70. The first kappa shape index (κ1) is 25.6. The number of carbonyl (C=O) groups is 2. The van der Waals surface area contributed by atoms with Crippen LogP contribution < -0.4 is 10.6 Å². The first-order valence-electron chi connectivity index (χ1n) is 11.3. The number of alkyl halides is 2. The normalized spacial score (nSPS) is 19.2. The summed E-state index contributed by atoms with van der Waals surface area (Å²) in [6.45, 7) is 5.75. The number of amides is 2. The van der Waals surface area contributed by atoms with Crippen LogP contribution in [-0.2, 0) is 15.5 Å². The molecule has 7 nitrogen and oxygen atoms in total. The fourth-order valence-corrected chi connectivity index (χ4v) is 3.78. The molecule has 1 aromatic carbocycles. The number of hydrogen-bond donors (Lipinski definition) is 3. The lowest BCUT2D eigenvalue weighted by molar-refractivity contribution is -0.119. The van der Waals surface area contributed by atoms with E-state index >= 15 is 0 Å². The molecule has 0 fully saturated rings. The predicted octanol–water partition coefficient (Wildman–Crippen LogP) is 5.16. The molecule has 2 aromatic rings. The van der Waals surface area contributed by atoms with Crippen LogP contribution in [0.25, 0.3) is 11.1 Å². The third kappa shape index (κ3) is 6.28. The van der Waals surface area contributed by atoms with E-state index in [-0.39, 0.29) is 17.5 Å². The van der Waals surface area contributed by atoms with Crippen molar-refractivity contribution < 1.29 is 28.2 Å². The van der Waals surface area contributed by atoms with Gasteiger partial charge in [-0.15, -0.1) is 0 Å². The summed E-state index contributed by atoms with van der Waals surface area (Å²) in [5.41, 5.74) is 0.926. The zero-order valence-electron chi connectivity index (χ0n) is 19.8. The van der Waals surface area contributed by atoms with Gasteiger partial charge < -0.3 is 20.5 Å². The number of carbonyl (C=O) groups excluding carboxylic acids is 2. The smallest absolute Gasteiger partial charge is 0.408 e. The average molecular weight is 476 g/mol. The van der Waals surface area contributed by atoms with E-state index in [0.717, 1.165) is 0 Å². The van der Waals surface area contributed by atoms with Gasteiger partial charge in [-0.2, -0.15) is 8.78 Å². The Morgan fingerprint density at radius 3 is 2.65 bits per heavy atom. The standard InChI is InChI=1S/C25H31F2N3O4/c1-15-6-5-7-19(30-23(33)34-24(2,3)4)21-12-16(10-11-28-21)18-9-8-17(25(26,27)14-31)13-20(18)29-22(15)32/h8-13,15,19,31H,5-7,14H2,1-4H3,(H,29,32)(H,30,33). The monoisotopic (exact) mass is 475 g/mol. The molecular weight excluding hydrogens is 444 g/mol. The molecule has 0 aliphatic carbocycles. The van der Waals surface area contributed by atoms with Gasteiger partial charge in [-0.1, -0.05) is 25.5 Å². The molecule has 1 aliphatic rings. The van der Waals surface area contributed by atoms with E-state index in [9.17, 15) is 18.4 Å².